The first kappa shape index (κ1) is 15.3. The summed E-state index contributed by atoms with van der Waals surface area (Å²) in [7, 11) is 3.09. The van der Waals surface area contributed by atoms with Gasteiger partial charge in [-0.3, -0.25) is 13.9 Å². The van der Waals surface area contributed by atoms with Gasteiger partial charge in [0.1, 0.15) is 11.5 Å². The fourth-order valence-electron chi connectivity index (χ4n) is 1.93. The van der Waals surface area contributed by atoms with Crippen LogP contribution in [0.4, 0.5) is 11.5 Å². The smallest absolute Gasteiger partial charge is 0.332 e. The molecular formula is C12H22N4O3. The largest absolute Gasteiger partial charge is 0.395 e. The van der Waals surface area contributed by atoms with Gasteiger partial charge in [-0.1, -0.05) is 13.8 Å². The number of aliphatic hydroxyl groups excluding tert-OH is 1. The molecule has 1 rings (SSSR count). The fourth-order valence-corrected chi connectivity index (χ4v) is 1.93. The van der Waals surface area contributed by atoms with Crippen LogP contribution in [0.15, 0.2) is 9.59 Å². The number of nitrogen functional groups attached to an aromatic ring is 1. The van der Waals surface area contributed by atoms with Crippen LogP contribution in [0.2, 0.25) is 0 Å². The lowest BCUT2D eigenvalue weighted by Gasteiger charge is -2.22. The Morgan fingerprint density at radius 1 is 1.37 bits per heavy atom. The molecule has 0 atom stereocenters. The van der Waals surface area contributed by atoms with E-state index < -0.39 is 11.2 Å². The molecule has 0 aliphatic heterocycles. The number of hydrogen-bond donors (Lipinski definition) is 2. The van der Waals surface area contributed by atoms with Gasteiger partial charge in [0.2, 0.25) is 0 Å². The first-order chi connectivity index (χ1) is 8.81. The highest BCUT2D eigenvalue weighted by atomic mass is 16.3. The van der Waals surface area contributed by atoms with Crippen molar-refractivity contribution in [3.63, 3.8) is 0 Å². The van der Waals surface area contributed by atoms with Gasteiger partial charge in [-0.25, -0.2) is 4.79 Å². The van der Waals surface area contributed by atoms with Crippen LogP contribution in [0.1, 0.15) is 13.8 Å². The molecule has 0 aromatic carbocycles. The van der Waals surface area contributed by atoms with Crippen molar-refractivity contribution in [1.82, 2.24) is 9.13 Å². The number of nitrogens with two attached hydrogens (primary N) is 1. The molecule has 0 unspecified atom stereocenters. The molecule has 0 aliphatic carbocycles. The highest BCUT2D eigenvalue weighted by Gasteiger charge is 2.18. The van der Waals surface area contributed by atoms with Gasteiger partial charge in [-0.15, -0.1) is 0 Å². The van der Waals surface area contributed by atoms with E-state index in [2.05, 4.69) is 0 Å². The van der Waals surface area contributed by atoms with Gasteiger partial charge in [0.25, 0.3) is 5.56 Å². The van der Waals surface area contributed by atoms with E-state index in [-0.39, 0.29) is 30.6 Å². The number of aliphatic hydroxyl groups is 1. The minimum atomic E-state index is -0.446. The maximum atomic E-state index is 12.1. The molecule has 0 saturated carbocycles. The summed E-state index contributed by atoms with van der Waals surface area (Å²) >= 11 is 0. The van der Waals surface area contributed by atoms with E-state index in [1.54, 1.807) is 11.9 Å². The van der Waals surface area contributed by atoms with Crippen LogP contribution < -0.4 is 21.9 Å². The summed E-state index contributed by atoms with van der Waals surface area (Å²) < 4.78 is 2.44. The summed E-state index contributed by atoms with van der Waals surface area (Å²) in [5, 5.41) is 8.96. The van der Waals surface area contributed by atoms with Crippen LogP contribution in [-0.2, 0) is 13.6 Å². The number of rotatable bonds is 5. The van der Waals surface area contributed by atoms with E-state index in [9.17, 15) is 9.59 Å². The molecule has 3 N–H and O–H groups in total. The van der Waals surface area contributed by atoms with E-state index in [0.717, 1.165) is 4.57 Å². The predicted octanol–water partition coefficient (Wildman–Crippen LogP) is -0.786. The SMILES string of the molecule is CC(C)Cn1c(N)c(N(C)CCO)c(=O)n(C)c1=O. The topological polar surface area (TPSA) is 93.5 Å². The van der Waals surface area contributed by atoms with Crippen LogP contribution in [0.3, 0.4) is 0 Å². The molecule has 0 fully saturated rings. The van der Waals surface area contributed by atoms with Crippen LogP contribution in [-0.4, -0.2) is 34.4 Å². The number of hydrogen-bond acceptors (Lipinski definition) is 5. The lowest BCUT2D eigenvalue weighted by Crippen LogP contribution is -2.43. The maximum Gasteiger partial charge on any atom is 0.332 e. The predicted molar refractivity (Wildman–Crippen MR) is 75.5 cm³/mol. The minimum absolute atomic E-state index is 0.0948. The monoisotopic (exact) mass is 270 g/mol. The van der Waals surface area contributed by atoms with Crippen molar-refractivity contribution < 1.29 is 5.11 Å². The highest BCUT2D eigenvalue weighted by Crippen LogP contribution is 2.15. The first-order valence-electron chi connectivity index (χ1n) is 6.22. The number of anilines is 2. The third kappa shape index (κ3) is 2.98. The average Bonchev–Trinajstić information content (AvgIpc) is 2.32. The second-order valence-electron chi connectivity index (χ2n) is 5.03. The molecule has 0 saturated heterocycles. The van der Waals surface area contributed by atoms with Gasteiger partial charge in [0.15, 0.2) is 0 Å². The fraction of sp³-hybridized carbons (Fsp3) is 0.667. The van der Waals surface area contributed by atoms with Gasteiger partial charge >= 0.3 is 5.69 Å². The van der Waals surface area contributed by atoms with Crippen LogP contribution in [0, 0.1) is 5.92 Å². The van der Waals surface area contributed by atoms with Gasteiger partial charge in [0.05, 0.1) is 6.61 Å². The second-order valence-corrected chi connectivity index (χ2v) is 5.03. The zero-order valence-electron chi connectivity index (χ0n) is 11.9. The second kappa shape index (κ2) is 5.92. The summed E-state index contributed by atoms with van der Waals surface area (Å²) in [5.74, 6) is 0.381. The van der Waals surface area contributed by atoms with Crippen molar-refractivity contribution in [3.8, 4) is 0 Å². The summed E-state index contributed by atoms with van der Waals surface area (Å²) in [4.78, 5) is 25.7. The minimum Gasteiger partial charge on any atom is -0.395 e. The Morgan fingerprint density at radius 2 is 1.95 bits per heavy atom. The van der Waals surface area contributed by atoms with Crippen molar-refractivity contribution in [1.29, 1.82) is 0 Å². The first-order valence-corrected chi connectivity index (χ1v) is 6.22. The van der Waals surface area contributed by atoms with Crippen molar-refractivity contribution in [2.24, 2.45) is 13.0 Å². The molecular weight excluding hydrogens is 248 g/mol. The Labute approximate surface area is 111 Å². The molecule has 7 nitrogen and oxygen atoms in total. The van der Waals surface area contributed by atoms with Crippen LogP contribution in [0.5, 0.6) is 0 Å². The molecule has 0 radical (unpaired) electrons. The highest BCUT2D eigenvalue weighted by molar-refractivity contribution is 5.62. The number of likely N-dealkylation sites (N-methyl/N-ethyl adjacent to an activating group) is 1. The standard InChI is InChI=1S/C12H22N4O3/c1-8(2)7-16-10(13)9(14(3)5-6-17)11(18)15(4)12(16)19/h8,17H,5-7,13H2,1-4H3. The van der Waals surface area contributed by atoms with Gasteiger partial charge < -0.3 is 15.7 Å². The maximum absolute atomic E-state index is 12.1. The van der Waals surface area contributed by atoms with Gasteiger partial charge in [-0.05, 0) is 5.92 Å². The molecule has 7 heteroatoms. The lowest BCUT2D eigenvalue weighted by atomic mass is 10.2. The molecule has 0 amide bonds. The van der Waals surface area contributed by atoms with E-state index in [1.165, 1.54) is 11.6 Å². The molecule has 1 aromatic heterocycles. The van der Waals surface area contributed by atoms with Gasteiger partial charge in [-0.2, -0.15) is 0 Å². The molecule has 1 aromatic rings. The van der Waals surface area contributed by atoms with E-state index in [1.807, 2.05) is 13.8 Å². The normalized spacial score (nSPS) is 11.1. The number of nitrogens with zero attached hydrogens (tertiary/aromatic N) is 3. The Bertz CT molecular complexity index is 559. The molecule has 0 bridgehead atoms. The molecule has 1 heterocycles. The van der Waals surface area contributed by atoms with Crippen LogP contribution >= 0.6 is 0 Å². The van der Waals surface area contributed by atoms with Crippen LogP contribution in [0.25, 0.3) is 0 Å². The van der Waals surface area contributed by atoms with Crippen molar-refractivity contribution in [3.05, 3.63) is 20.8 Å². The molecule has 19 heavy (non-hydrogen) atoms. The van der Waals surface area contributed by atoms with Gasteiger partial charge in [0, 0.05) is 27.2 Å². The summed E-state index contributed by atoms with van der Waals surface area (Å²) in [6, 6.07) is 0. The van der Waals surface area contributed by atoms with E-state index in [0.29, 0.717) is 6.54 Å². The Balaban J connectivity index is 3.52. The Hall–Kier alpha value is -1.76. The Morgan fingerprint density at radius 3 is 2.42 bits per heavy atom. The molecule has 0 aliphatic rings. The zero-order valence-corrected chi connectivity index (χ0v) is 11.9. The molecule has 108 valence electrons. The lowest BCUT2D eigenvalue weighted by molar-refractivity contribution is 0.304. The van der Waals surface area contributed by atoms with E-state index in [4.69, 9.17) is 10.8 Å². The zero-order chi connectivity index (χ0) is 14.7. The molecule has 0 spiro atoms. The third-order valence-electron chi connectivity index (χ3n) is 2.92. The van der Waals surface area contributed by atoms with Crippen molar-refractivity contribution >= 4 is 11.5 Å². The van der Waals surface area contributed by atoms with Crippen molar-refractivity contribution in [2.75, 3.05) is 30.8 Å². The average molecular weight is 270 g/mol. The van der Waals surface area contributed by atoms with E-state index >= 15 is 0 Å². The Kier molecular flexibility index (Phi) is 4.77. The summed E-state index contributed by atoms with van der Waals surface area (Å²) in [6.07, 6.45) is 0. The third-order valence-corrected chi connectivity index (χ3v) is 2.92. The summed E-state index contributed by atoms with van der Waals surface area (Å²) in [5.41, 5.74) is 5.34. The number of aromatic nitrogens is 2. The van der Waals surface area contributed by atoms with Crippen molar-refractivity contribution in [2.45, 2.75) is 20.4 Å². The quantitative estimate of drug-likeness (QED) is 0.731. The summed E-state index contributed by atoms with van der Waals surface area (Å²) in [6.45, 7) is 4.56.